The van der Waals surface area contributed by atoms with Gasteiger partial charge in [-0.05, 0) is 30.7 Å². The van der Waals surface area contributed by atoms with Crippen LogP contribution in [0.15, 0.2) is 30.9 Å². The van der Waals surface area contributed by atoms with Gasteiger partial charge in [0.15, 0.2) is 0 Å². The summed E-state index contributed by atoms with van der Waals surface area (Å²) in [4.78, 5) is 10.8. The number of halogens is 1. The predicted molar refractivity (Wildman–Crippen MR) is 47.0 cm³/mol. The van der Waals surface area contributed by atoms with Crippen LogP contribution in [-0.4, -0.2) is 5.97 Å². The van der Waals surface area contributed by atoms with Gasteiger partial charge >= 0.3 is 5.97 Å². The van der Waals surface area contributed by atoms with Gasteiger partial charge in [-0.1, -0.05) is 6.58 Å². The van der Waals surface area contributed by atoms with Gasteiger partial charge in [0, 0.05) is 6.08 Å². The molecular formula is C10H9FO2. The summed E-state index contributed by atoms with van der Waals surface area (Å²) in [7, 11) is 0. The van der Waals surface area contributed by atoms with Crippen LogP contribution in [0.3, 0.4) is 0 Å². The first-order valence-corrected chi connectivity index (χ1v) is 3.74. The van der Waals surface area contributed by atoms with Crippen LogP contribution in [-0.2, 0) is 4.79 Å². The van der Waals surface area contributed by atoms with Crippen molar-refractivity contribution in [3.05, 3.63) is 42.2 Å². The second kappa shape index (κ2) is 3.85. The highest BCUT2D eigenvalue weighted by Gasteiger charge is 2.03. The molecule has 0 aromatic heterocycles. The second-order valence-corrected chi connectivity index (χ2v) is 2.54. The van der Waals surface area contributed by atoms with E-state index < -0.39 is 5.97 Å². The van der Waals surface area contributed by atoms with Crippen molar-refractivity contribution in [2.45, 2.75) is 6.92 Å². The molecule has 0 atom stereocenters. The molecule has 0 aliphatic rings. The summed E-state index contributed by atoms with van der Waals surface area (Å²) >= 11 is 0. The maximum absolute atomic E-state index is 12.6. The van der Waals surface area contributed by atoms with E-state index >= 15 is 0 Å². The van der Waals surface area contributed by atoms with Crippen LogP contribution in [0.25, 0.3) is 0 Å². The molecule has 1 aromatic carbocycles. The summed E-state index contributed by atoms with van der Waals surface area (Å²) in [5.74, 6) is -0.545. The molecule has 3 heteroatoms. The molecular weight excluding hydrogens is 171 g/mol. The minimum atomic E-state index is -0.547. The first kappa shape index (κ1) is 9.45. The Balaban J connectivity index is 2.89. The molecule has 0 unspecified atom stereocenters. The summed E-state index contributed by atoms with van der Waals surface area (Å²) in [6.07, 6.45) is 1.06. The lowest BCUT2D eigenvalue weighted by Crippen LogP contribution is -2.04. The number of hydrogen-bond donors (Lipinski definition) is 0. The maximum Gasteiger partial charge on any atom is 0.335 e. The molecule has 0 heterocycles. The minimum absolute atomic E-state index is 0.351. The van der Waals surface area contributed by atoms with E-state index in [1.54, 1.807) is 6.92 Å². The van der Waals surface area contributed by atoms with Gasteiger partial charge in [-0.25, -0.2) is 9.18 Å². The summed E-state index contributed by atoms with van der Waals surface area (Å²) < 4.78 is 17.4. The molecule has 0 spiro atoms. The van der Waals surface area contributed by atoms with E-state index in [1.807, 2.05) is 0 Å². The second-order valence-electron chi connectivity index (χ2n) is 2.54. The van der Waals surface area contributed by atoms with Crippen LogP contribution in [0.2, 0.25) is 0 Å². The number of aryl methyl sites for hydroxylation is 1. The Morgan fingerprint density at radius 1 is 1.62 bits per heavy atom. The molecule has 0 fully saturated rings. The van der Waals surface area contributed by atoms with Crippen LogP contribution < -0.4 is 4.74 Å². The molecule has 0 aliphatic heterocycles. The average Bonchev–Trinajstić information content (AvgIpc) is 2.09. The standard InChI is InChI=1S/C10H9FO2/c1-3-10(12)13-9-5-4-8(11)6-7(9)2/h3-6H,1H2,2H3. The fourth-order valence-electron chi connectivity index (χ4n) is 0.877. The lowest BCUT2D eigenvalue weighted by molar-refractivity contribution is -0.129. The van der Waals surface area contributed by atoms with Crippen LogP contribution in [0, 0.1) is 12.7 Å². The molecule has 2 nitrogen and oxygen atoms in total. The van der Waals surface area contributed by atoms with Crippen molar-refractivity contribution in [1.29, 1.82) is 0 Å². The van der Waals surface area contributed by atoms with Crippen molar-refractivity contribution in [2.24, 2.45) is 0 Å². The van der Waals surface area contributed by atoms with Gasteiger partial charge in [0.05, 0.1) is 0 Å². The number of carbonyl (C=O) groups excluding carboxylic acids is 1. The van der Waals surface area contributed by atoms with Crippen molar-refractivity contribution in [3.8, 4) is 5.75 Å². The zero-order valence-corrected chi connectivity index (χ0v) is 7.21. The van der Waals surface area contributed by atoms with Crippen LogP contribution in [0.1, 0.15) is 5.56 Å². The van der Waals surface area contributed by atoms with Gasteiger partial charge in [-0.15, -0.1) is 0 Å². The Morgan fingerprint density at radius 2 is 2.31 bits per heavy atom. The van der Waals surface area contributed by atoms with Gasteiger partial charge in [-0.3, -0.25) is 0 Å². The monoisotopic (exact) mass is 180 g/mol. The minimum Gasteiger partial charge on any atom is -0.423 e. The summed E-state index contributed by atoms with van der Waals surface area (Å²) in [5, 5.41) is 0. The molecule has 0 saturated heterocycles. The van der Waals surface area contributed by atoms with E-state index in [1.165, 1.54) is 18.2 Å². The molecule has 0 saturated carbocycles. The fraction of sp³-hybridized carbons (Fsp3) is 0.100. The molecule has 0 N–H and O–H groups in total. The van der Waals surface area contributed by atoms with E-state index in [-0.39, 0.29) is 5.82 Å². The van der Waals surface area contributed by atoms with Crippen molar-refractivity contribution < 1.29 is 13.9 Å². The summed E-state index contributed by atoms with van der Waals surface area (Å²) in [6.45, 7) is 4.92. The first-order valence-electron chi connectivity index (χ1n) is 3.74. The number of benzene rings is 1. The Hall–Kier alpha value is -1.64. The maximum atomic E-state index is 12.6. The number of hydrogen-bond acceptors (Lipinski definition) is 2. The molecule has 0 radical (unpaired) electrons. The summed E-state index contributed by atoms with van der Waals surface area (Å²) in [6, 6.07) is 3.94. The highest BCUT2D eigenvalue weighted by atomic mass is 19.1. The number of carbonyl (C=O) groups is 1. The fourth-order valence-corrected chi connectivity index (χ4v) is 0.877. The number of esters is 1. The van der Waals surface area contributed by atoms with Gasteiger partial charge in [0.25, 0.3) is 0 Å². The quantitative estimate of drug-likeness (QED) is 0.396. The molecule has 0 amide bonds. The van der Waals surface area contributed by atoms with E-state index in [4.69, 9.17) is 4.74 Å². The van der Waals surface area contributed by atoms with Crippen LogP contribution in [0.5, 0.6) is 5.75 Å². The van der Waals surface area contributed by atoms with Crippen molar-refractivity contribution >= 4 is 5.97 Å². The largest absolute Gasteiger partial charge is 0.423 e. The SMILES string of the molecule is C=CC(=O)Oc1ccc(F)cc1C. The third kappa shape index (κ3) is 2.40. The van der Waals surface area contributed by atoms with E-state index in [9.17, 15) is 9.18 Å². The highest BCUT2D eigenvalue weighted by molar-refractivity contribution is 5.83. The highest BCUT2D eigenvalue weighted by Crippen LogP contribution is 2.18. The molecule has 0 bridgehead atoms. The first-order chi connectivity index (χ1) is 6.13. The molecule has 68 valence electrons. The topological polar surface area (TPSA) is 26.3 Å². The Morgan fingerprint density at radius 3 is 2.85 bits per heavy atom. The lowest BCUT2D eigenvalue weighted by atomic mass is 10.2. The summed E-state index contributed by atoms with van der Waals surface area (Å²) in [5.41, 5.74) is 0.579. The Labute approximate surface area is 75.6 Å². The zero-order valence-electron chi connectivity index (χ0n) is 7.21. The van der Waals surface area contributed by atoms with Crippen molar-refractivity contribution in [3.63, 3.8) is 0 Å². The zero-order chi connectivity index (χ0) is 9.84. The number of rotatable bonds is 2. The van der Waals surface area contributed by atoms with Gasteiger partial charge in [-0.2, -0.15) is 0 Å². The van der Waals surface area contributed by atoms with Gasteiger partial charge < -0.3 is 4.74 Å². The van der Waals surface area contributed by atoms with Gasteiger partial charge in [0.2, 0.25) is 0 Å². The van der Waals surface area contributed by atoms with E-state index in [0.29, 0.717) is 11.3 Å². The lowest BCUT2D eigenvalue weighted by Gasteiger charge is -2.04. The van der Waals surface area contributed by atoms with E-state index in [2.05, 4.69) is 6.58 Å². The molecule has 13 heavy (non-hydrogen) atoms. The third-order valence-corrected chi connectivity index (χ3v) is 1.51. The molecule has 1 rings (SSSR count). The average molecular weight is 180 g/mol. The van der Waals surface area contributed by atoms with E-state index in [0.717, 1.165) is 6.08 Å². The normalized spacial score (nSPS) is 9.38. The molecule has 1 aromatic rings. The molecule has 0 aliphatic carbocycles. The van der Waals surface area contributed by atoms with Gasteiger partial charge in [0.1, 0.15) is 11.6 Å². The van der Waals surface area contributed by atoms with Crippen LogP contribution in [0.4, 0.5) is 4.39 Å². The van der Waals surface area contributed by atoms with Crippen molar-refractivity contribution in [1.82, 2.24) is 0 Å². The van der Waals surface area contributed by atoms with Crippen molar-refractivity contribution in [2.75, 3.05) is 0 Å². The number of ether oxygens (including phenoxy) is 1. The Bertz CT molecular complexity index is 345. The smallest absolute Gasteiger partial charge is 0.335 e. The predicted octanol–water partition coefficient (Wildman–Crippen LogP) is 2.23. The Kier molecular flexibility index (Phi) is 2.80. The third-order valence-electron chi connectivity index (χ3n) is 1.51. The van der Waals surface area contributed by atoms with Crippen LogP contribution >= 0.6 is 0 Å².